The van der Waals surface area contributed by atoms with Crippen molar-refractivity contribution >= 4 is 89.8 Å². The minimum Gasteiger partial charge on any atom is -0.503 e. The molecule has 1 aliphatic rings. The average Bonchev–Trinajstić information content (AvgIpc) is 3.91. The fourth-order valence-electron chi connectivity index (χ4n) is 9.13. The fourth-order valence-corrected chi connectivity index (χ4v) is 16.3. The van der Waals surface area contributed by atoms with Crippen LogP contribution in [0.3, 0.4) is 0 Å². The van der Waals surface area contributed by atoms with Gasteiger partial charge in [-0.3, -0.25) is 4.98 Å². The van der Waals surface area contributed by atoms with Crippen LogP contribution in [0.5, 0.6) is 11.5 Å². The van der Waals surface area contributed by atoms with E-state index < -0.39 is 8.07 Å². The monoisotopic (exact) mass is 957 g/mol. The number of imidazole rings is 1. The summed E-state index contributed by atoms with van der Waals surface area (Å²) in [6, 6.07) is 66.1. The Hall–Kier alpha value is -6.24. The summed E-state index contributed by atoms with van der Waals surface area (Å²) >= 11 is 1.87. The van der Waals surface area contributed by atoms with Gasteiger partial charge in [0, 0.05) is 56.2 Å². The van der Waals surface area contributed by atoms with Crippen molar-refractivity contribution in [1.29, 1.82) is 0 Å². The maximum Gasteiger partial charge on any atom is 2.00 e. The second-order valence-corrected chi connectivity index (χ2v) is 19.2. The van der Waals surface area contributed by atoms with Gasteiger partial charge in [-0.1, -0.05) is 137 Å². The molecule has 12 rings (SSSR count). The van der Waals surface area contributed by atoms with Gasteiger partial charge in [-0.2, -0.15) is 6.07 Å². The third-order valence-electron chi connectivity index (χ3n) is 11.4. The Bertz CT molecular complexity index is 3340. The van der Waals surface area contributed by atoms with Crippen LogP contribution in [0.1, 0.15) is 0 Å². The first kappa shape index (κ1) is 35.0. The maximum absolute atomic E-state index is 6.65. The number of nitrogens with zero attached hydrogens (tertiary/aromatic N) is 4. The summed E-state index contributed by atoms with van der Waals surface area (Å²) in [5, 5.41) is 10.8. The molecule has 0 aliphatic carbocycles. The topological polar surface area (TPSA) is 44.4 Å². The van der Waals surface area contributed by atoms with Crippen LogP contribution in [0.15, 0.2) is 192 Å². The number of rotatable bonds is 5. The number of para-hydroxylation sites is 1. The number of aromatic nitrogens is 4. The molecule has 5 nitrogen and oxygen atoms in total. The molecule has 0 spiro atoms. The average molecular weight is 958 g/mol. The second kappa shape index (κ2) is 13.7. The zero-order valence-corrected chi connectivity index (χ0v) is 34.8. The Kier molecular flexibility index (Phi) is 8.26. The van der Waals surface area contributed by atoms with E-state index in [4.69, 9.17) is 14.7 Å². The smallest absolute Gasteiger partial charge is 0.503 e. The van der Waals surface area contributed by atoms with Crippen LogP contribution < -0.4 is 25.5 Å². The molecule has 0 saturated carbocycles. The van der Waals surface area contributed by atoms with Gasteiger partial charge in [0.25, 0.3) is 0 Å². The van der Waals surface area contributed by atoms with Crippen LogP contribution in [0.4, 0.5) is 0 Å². The molecule has 0 unspecified atom stereocenters. The SMILES string of the molecule is [Pt+2].[c-]1c(Oc2[c-]c3c(cc2)c2ccccc2n2ccnc32)cccc1-n1c2ncccc2c2ccc3c(c21)[Si](c1ccccc1)(c1ccccc1)c1ccccc1S3. The van der Waals surface area contributed by atoms with Crippen LogP contribution in [0, 0.1) is 12.1 Å². The summed E-state index contributed by atoms with van der Waals surface area (Å²) in [6.07, 6.45) is 5.72. The molecule has 0 atom stereocenters. The van der Waals surface area contributed by atoms with E-state index in [2.05, 4.69) is 161 Å². The van der Waals surface area contributed by atoms with Gasteiger partial charge in [-0.25, -0.2) is 4.98 Å². The van der Waals surface area contributed by atoms with Crippen molar-refractivity contribution in [3.05, 3.63) is 195 Å². The van der Waals surface area contributed by atoms with Crippen molar-refractivity contribution < 1.29 is 25.8 Å². The van der Waals surface area contributed by atoms with E-state index in [0.29, 0.717) is 11.5 Å². The summed E-state index contributed by atoms with van der Waals surface area (Å²) in [7, 11) is -2.93. The van der Waals surface area contributed by atoms with Crippen LogP contribution in [0.2, 0.25) is 0 Å². The molecule has 1 aliphatic heterocycles. The van der Waals surface area contributed by atoms with E-state index in [1.807, 2.05) is 54.6 Å². The van der Waals surface area contributed by atoms with Crippen molar-refractivity contribution in [3.8, 4) is 17.2 Å². The molecule has 0 bridgehead atoms. The van der Waals surface area contributed by atoms with Gasteiger partial charge in [0.1, 0.15) is 5.65 Å². The van der Waals surface area contributed by atoms with Crippen LogP contribution in [-0.4, -0.2) is 27.0 Å². The minimum absolute atomic E-state index is 0. The minimum atomic E-state index is -2.93. The van der Waals surface area contributed by atoms with E-state index >= 15 is 0 Å². The number of hydrogen-bond donors (Lipinski definition) is 0. The third-order valence-corrected chi connectivity index (χ3v) is 17.8. The van der Waals surface area contributed by atoms with Gasteiger partial charge >= 0.3 is 21.1 Å². The van der Waals surface area contributed by atoms with Gasteiger partial charge in [0.15, 0.2) is 8.07 Å². The molecular weight excluding hydrogens is 928 g/mol. The predicted octanol–water partition coefficient (Wildman–Crippen LogP) is 9.36. The van der Waals surface area contributed by atoms with Crippen molar-refractivity contribution in [1.82, 2.24) is 18.9 Å². The second-order valence-electron chi connectivity index (χ2n) is 14.4. The van der Waals surface area contributed by atoms with Crippen molar-refractivity contribution in [3.63, 3.8) is 0 Å². The number of benzene rings is 7. The summed E-state index contributed by atoms with van der Waals surface area (Å²) in [5.74, 6) is 1.19. The number of pyridine rings is 2. The first-order chi connectivity index (χ1) is 28.3. The molecule has 0 amide bonds. The molecule has 0 radical (unpaired) electrons. The normalized spacial score (nSPS) is 13.1. The third kappa shape index (κ3) is 5.07. The Morgan fingerprint density at radius 1 is 0.534 bits per heavy atom. The predicted molar refractivity (Wildman–Crippen MR) is 234 cm³/mol. The molecule has 5 heterocycles. The molecule has 0 N–H and O–H groups in total. The standard InChI is InChI=1S/C50H30N4OSSi.Pt/c1-3-15-36(16-4-1)57(37-17-5-2-6-18-37)46-23-10-9-22-44(46)56-45-27-26-40-41-20-12-28-51-50(41)54(47(40)48(45)57)33-13-11-14-34(31-33)55-35-24-25-38-39-19-7-8-21-43(39)53-30-29-52-49(53)42(38)32-35;/h1-30H;/q-2;+2. The van der Waals surface area contributed by atoms with Gasteiger partial charge in [0.05, 0.1) is 11.2 Å². The van der Waals surface area contributed by atoms with Crippen LogP contribution >= 0.6 is 11.8 Å². The van der Waals surface area contributed by atoms with Crippen molar-refractivity contribution in [2.24, 2.45) is 0 Å². The van der Waals surface area contributed by atoms with E-state index in [-0.39, 0.29) is 21.1 Å². The van der Waals surface area contributed by atoms with Gasteiger partial charge in [0.2, 0.25) is 0 Å². The van der Waals surface area contributed by atoms with Gasteiger partial charge in [-0.15, -0.1) is 30.3 Å². The summed E-state index contributed by atoms with van der Waals surface area (Å²) in [6.45, 7) is 0. The van der Waals surface area contributed by atoms with Gasteiger partial charge in [-0.05, 0) is 56.5 Å². The largest absolute Gasteiger partial charge is 2.00 e. The summed E-state index contributed by atoms with van der Waals surface area (Å²) < 4.78 is 11.1. The fraction of sp³-hybridized carbons (Fsp3) is 0. The molecule has 7 aromatic carbocycles. The molecule has 0 fully saturated rings. The zero-order chi connectivity index (χ0) is 37.5. The molecule has 8 heteroatoms. The molecule has 276 valence electrons. The summed E-state index contributed by atoms with van der Waals surface area (Å²) in [4.78, 5) is 12.4. The van der Waals surface area contributed by atoms with E-state index in [9.17, 15) is 0 Å². The van der Waals surface area contributed by atoms with Crippen LogP contribution in [-0.2, 0) is 21.1 Å². The van der Waals surface area contributed by atoms with E-state index in [1.54, 1.807) is 0 Å². The quantitative estimate of drug-likeness (QED) is 0.0981. The molecule has 11 aromatic rings. The Morgan fingerprint density at radius 3 is 2.09 bits per heavy atom. The molecule has 58 heavy (non-hydrogen) atoms. The van der Waals surface area contributed by atoms with Gasteiger partial charge < -0.3 is 13.7 Å². The Morgan fingerprint density at radius 2 is 1.24 bits per heavy atom. The summed E-state index contributed by atoms with van der Waals surface area (Å²) in [5.41, 5.74) is 4.85. The Balaban J connectivity index is 0.00000385. The number of fused-ring (bicyclic) bond motifs is 12. The van der Waals surface area contributed by atoms with Crippen LogP contribution in [0.25, 0.3) is 54.9 Å². The maximum atomic E-state index is 6.65. The Labute approximate surface area is 353 Å². The van der Waals surface area contributed by atoms with Crippen molar-refractivity contribution in [2.75, 3.05) is 0 Å². The van der Waals surface area contributed by atoms with E-state index in [1.165, 1.54) is 35.9 Å². The first-order valence-electron chi connectivity index (χ1n) is 19.0. The number of ether oxygens (including phenoxy) is 1. The zero-order valence-electron chi connectivity index (χ0n) is 30.7. The van der Waals surface area contributed by atoms with Crippen molar-refractivity contribution in [2.45, 2.75) is 9.79 Å². The van der Waals surface area contributed by atoms with E-state index in [0.717, 1.165) is 49.6 Å². The molecular formula is C50H30N4OPtSSi. The molecule has 4 aromatic heterocycles. The first-order valence-corrected chi connectivity index (χ1v) is 21.8. The molecule has 0 saturated heterocycles. The number of hydrogen-bond acceptors (Lipinski definition) is 4.